The van der Waals surface area contributed by atoms with Gasteiger partial charge in [-0.3, -0.25) is 0 Å². The third kappa shape index (κ3) is 3.70. The summed E-state index contributed by atoms with van der Waals surface area (Å²) in [6.07, 6.45) is 4.12. The van der Waals surface area contributed by atoms with Crippen LogP contribution < -0.4 is 5.32 Å². The summed E-state index contributed by atoms with van der Waals surface area (Å²) in [6.45, 7) is 2.25. The standard InChI is InChI=1S/C19H22FN/c20-19-4-2-1-3-18(19)10-7-15-5-8-16(9-6-15)17-11-13-21-14-12-17/h1-6,8-9,17,21H,7,10-14H2. The van der Waals surface area contributed by atoms with E-state index in [1.807, 2.05) is 12.1 Å². The highest BCUT2D eigenvalue weighted by molar-refractivity contribution is 5.27. The Morgan fingerprint density at radius 1 is 0.905 bits per heavy atom. The molecule has 0 bridgehead atoms. The Bertz CT molecular complexity index is 570. The summed E-state index contributed by atoms with van der Waals surface area (Å²) < 4.78 is 13.6. The number of hydrogen-bond acceptors (Lipinski definition) is 1. The number of rotatable bonds is 4. The van der Waals surface area contributed by atoms with Gasteiger partial charge in [0.05, 0.1) is 0 Å². The second kappa shape index (κ2) is 6.86. The van der Waals surface area contributed by atoms with E-state index in [9.17, 15) is 4.39 Å². The van der Waals surface area contributed by atoms with Gasteiger partial charge in [0.1, 0.15) is 5.82 Å². The van der Waals surface area contributed by atoms with Gasteiger partial charge in [-0.25, -0.2) is 4.39 Å². The quantitative estimate of drug-likeness (QED) is 0.891. The monoisotopic (exact) mass is 283 g/mol. The Kier molecular flexibility index (Phi) is 4.66. The topological polar surface area (TPSA) is 12.0 Å². The highest BCUT2D eigenvalue weighted by atomic mass is 19.1. The van der Waals surface area contributed by atoms with E-state index in [4.69, 9.17) is 0 Å². The van der Waals surface area contributed by atoms with E-state index in [0.717, 1.165) is 31.5 Å². The fraction of sp³-hybridized carbons (Fsp3) is 0.368. The van der Waals surface area contributed by atoms with Crippen LogP contribution in [0.1, 0.15) is 35.4 Å². The Labute approximate surface area is 126 Å². The van der Waals surface area contributed by atoms with Gasteiger partial charge in [0.2, 0.25) is 0 Å². The molecule has 0 spiro atoms. The summed E-state index contributed by atoms with van der Waals surface area (Å²) >= 11 is 0. The van der Waals surface area contributed by atoms with Crippen LogP contribution in [0.3, 0.4) is 0 Å². The van der Waals surface area contributed by atoms with Crippen LogP contribution in [0.25, 0.3) is 0 Å². The lowest BCUT2D eigenvalue weighted by atomic mass is 9.89. The molecular weight excluding hydrogens is 261 g/mol. The summed E-state index contributed by atoms with van der Waals surface area (Å²) in [5.41, 5.74) is 3.54. The maximum Gasteiger partial charge on any atom is 0.126 e. The largest absolute Gasteiger partial charge is 0.317 e. The lowest BCUT2D eigenvalue weighted by Crippen LogP contribution is -2.26. The molecule has 1 fully saturated rings. The minimum absolute atomic E-state index is 0.0937. The zero-order chi connectivity index (χ0) is 14.5. The maximum absolute atomic E-state index is 13.6. The Balaban J connectivity index is 1.60. The minimum Gasteiger partial charge on any atom is -0.317 e. The highest BCUT2D eigenvalue weighted by Crippen LogP contribution is 2.25. The van der Waals surface area contributed by atoms with Crippen molar-refractivity contribution in [2.24, 2.45) is 0 Å². The average molecular weight is 283 g/mol. The number of piperidine rings is 1. The van der Waals surface area contributed by atoms with Crippen LogP contribution in [0, 0.1) is 5.82 Å². The van der Waals surface area contributed by atoms with Gasteiger partial charge in [0, 0.05) is 0 Å². The molecule has 0 atom stereocenters. The molecule has 110 valence electrons. The molecule has 0 saturated carbocycles. The predicted molar refractivity (Wildman–Crippen MR) is 85.1 cm³/mol. The fourth-order valence-electron chi connectivity index (χ4n) is 3.09. The molecule has 0 aromatic heterocycles. The molecule has 0 unspecified atom stereocenters. The smallest absolute Gasteiger partial charge is 0.126 e. The van der Waals surface area contributed by atoms with Gasteiger partial charge in [0.15, 0.2) is 0 Å². The molecule has 3 rings (SSSR count). The Morgan fingerprint density at radius 2 is 1.62 bits per heavy atom. The van der Waals surface area contributed by atoms with Gasteiger partial charge in [-0.15, -0.1) is 0 Å². The zero-order valence-corrected chi connectivity index (χ0v) is 12.3. The first-order valence-electron chi connectivity index (χ1n) is 7.86. The van der Waals surface area contributed by atoms with E-state index in [0.29, 0.717) is 5.92 Å². The number of halogens is 1. The number of hydrogen-bond donors (Lipinski definition) is 1. The normalized spacial score (nSPS) is 16.0. The summed E-state index contributed by atoms with van der Waals surface area (Å²) in [7, 11) is 0. The van der Waals surface area contributed by atoms with Gasteiger partial charge < -0.3 is 5.32 Å². The SMILES string of the molecule is Fc1ccccc1CCc1ccc(C2CCNCC2)cc1. The second-order valence-corrected chi connectivity index (χ2v) is 5.86. The number of benzene rings is 2. The molecule has 1 aliphatic heterocycles. The van der Waals surface area contributed by atoms with Crippen molar-refractivity contribution < 1.29 is 4.39 Å². The summed E-state index contributed by atoms with van der Waals surface area (Å²) in [4.78, 5) is 0. The number of nitrogens with one attached hydrogen (secondary N) is 1. The van der Waals surface area contributed by atoms with Gasteiger partial charge in [-0.2, -0.15) is 0 Å². The van der Waals surface area contributed by atoms with Crippen molar-refractivity contribution in [3.05, 3.63) is 71.0 Å². The molecule has 2 heteroatoms. The van der Waals surface area contributed by atoms with Gasteiger partial charge >= 0.3 is 0 Å². The molecule has 1 heterocycles. The van der Waals surface area contributed by atoms with Crippen LogP contribution in [-0.2, 0) is 12.8 Å². The molecule has 0 aliphatic carbocycles. The van der Waals surface area contributed by atoms with Crippen LogP contribution in [0.4, 0.5) is 4.39 Å². The Hall–Kier alpha value is -1.67. The van der Waals surface area contributed by atoms with Crippen molar-refractivity contribution in [3.8, 4) is 0 Å². The van der Waals surface area contributed by atoms with Gasteiger partial charge in [0.25, 0.3) is 0 Å². The molecule has 0 radical (unpaired) electrons. The second-order valence-electron chi connectivity index (χ2n) is 5.86. The molecular formula is C19H22FN. The van der Waals surface area contributed by atoms with E-state index in [-0.39, 0.29) is 5.82 Å². The molecule has 1 saturated heterocycles. The van der Waals surface area contributed by atoms with Crippen LogP contribution in [0.2, 0.25) is 0 Å². The van der Waals surface area contributed by atoms with E-state index in [1.165, 1.54) is 30.0 Å². The minimum atomic E-state index is -0.0937. The summed E-state index contributed by atoms with van der Waals surface area (Å²) in [6, 6.07) is 16.0. The highest BCUT2D eigenvalue weighted by Gasteiger charge is 2.14. The van der Waals surface area contributed by atoms with Crippen LogP contribution >= 0.6 is 0 Å². The lowest BCUT2D eigenvalue weighted by molar-refractivity contribution is 0.460. The number of aryl methyl sites for hydroxylation is 2. The maximum atomic E-state index is 13.6. The van der Waals surface area contributed by atoms with Crippen molar-refractivity contribution >= 4 is 0 Å². The average Bonchev–Trinajstić information content (AvgIpc) is 2.55. The molecule has 2 aromatic rings. The summed E-state index contributed by atoms with van der Waals surface area (Å²) in [5, 5.41) is 3.40. The fourth-order valence-corrected chi connectivity index (χ4v) is 3.09. The Morgan fingerprint density at radius 3 is 2.33 bits per heavy atom. The predicted octanol–water partition coefficient (Wildman–Crippen LogP) is 4.08. The zero-order valence-electron chi connectivity index (χ0n) is 12.3. The van der Waals surface area contributed by atoms with Crippen molar-refractivity contribution in [2.45, 2.75) is 31.6 Å². The first-order chi connectivity index (χ1) is 10.3. The molecule has 1 nitrogen and oxygen atoms in total. The van der Waals surface area contributed by atoms with Crippen LogP contribution in [-0.4, -0.2) is 13.1 Å². The molecule has 1 N–H and O–H groups in total. The van der Waals surface area contributed by atoms with E-state index < -0.39 is 0 Å². The molecule has 21 heavy (non-hydrogen) atoms. The van der Waals surface area contributed by atoms with Crippen molar-refractivity contribution in [1.29, 1.82) is 0 Å². The van der Waals surface area contributed by atoms with Crippen molar-refractivity contribution in [3.63, 3.8) is 0 Å². The lowest BCUT2D eigenvalue weighted by Gasteiger charge is -2.23. The van der Waals surface area contributed by atoms with Crippen LogP contribution in [0.15, 0.2) is 48.5 Å². The molecule has 0 amide bonds. The third-order valence-corrected chi connectivity index (χ3v) is 4.43. The van der Waals surface area contributed by atoms with E-state index in [2.05, 4.69) is 29.6 Å². The first kappa shape index (κ1) is 14.3. The van der Waals surface area contributed by atoms with E-state index in [1.54, 1.807) is 6.07 Å². The van der Waals surface area contributed by atoms with Crippen molar-refractivity contribution in [2.75, 3.05) is 13.1 Å². The third-order valence-electron chi connectivity index (χ3n) is 4.43. The molecule has 2 aromatic carbocycles. The first-order valence-corrected chi connectivity index (χ1v) is 7.86. The van der Waals surface area contributed by atoms with Crippen molar-refractivity contribution in [1.82, 2.24) is 5.32 Å². The molecule has 1 aliphatic rings. The summed E-state index contributed by atoms with van der Waals surface area (Å²) in [5.74, 6) is 0.607. The van der Waals surface area contributed by atoms with Gasteiger partial charge in [-0.05, 0) is 67.4 Å². The van der Waals surface area contributed by atoms with Crippen LogP contribution in [0.5, 0.6) is 0 Å². The van der Waals surface area contributed by atoms with E-state index >= 15 is 0 Å². The van der Waals surface area contributed by atoms with Gasteiger partial charge in [-0.1, -0.05) is 42.5 Å².